The Balaban J connectivity index is 1.94. The molecule has 1 aliphatic rings. The first kappa shape index (κ1) is 12.6. The summed E-state index contributed by atoms with van der Waals surface area (Å²) in [6, 6.07) is 5.13. The molecular weight excluding hydrogens is 254 g/mol. The molecule has 0 unspecified atom stereocenters. The van der Waals surface area contributed by atoms with Gasteiger partial charge < -0.3 is 4.74 Å². The molecule has 2 rings (SSSR count). The minimum absolute atomic E-state index is 0.0688. The first-order valence-corrected chi connectivity index (χ1v) is 5.24. The monoisotopic (exact) mass is 263 g/mol. The van der Waals surface area contributed by atoms with Crippen LogP contribution < -0.4 is 10.9 Å². The summed E-state index contributed by atoms with van der Waals surface area (Å²) >= 11 is 0. The molecule has 8 nitrogen and oxygen atoms in total. The Labute approximate surface area is 107 Å². The molecule has 1 aromatic carbocycles. The number of nitro benzene ring substituents is 1. The number of nitro groups is 1. The third kappa shape index (κ3) is 3.06. The third-order valence-electron chi connectivity index (χ3n) is 2.34. The van der Waals surface area contributed by atoms with Crippen LogP contribution in [0.25, 0.3) is 0 Å². The average Bonchev–Trinajstić information content (AvgIpc) is 2.82. The van der Waals surface area contributed by atoms with Crippen molar-refractivity contribution in [2.24, 2.45) is 0 Å². The number of amides is 1. The molecule has 0 bridgehead atoms. The zero-order chi connectivity index (χ0) is 13.8. The van der Waals surface area contributed by atoms with Gasteiger partial charge in [-0.2, -0.15) is 0 Å². The minimum atomic E-state index is -0.549. The van der Waals surface area contributed by atoms with Crippen LogP contribution in [-0.2, 0) is 9.53 Å². The lowest BCUT2D eigenvalue weighted by Crippen LogP contribution is -2.37. The van der Waals surface area contributed by atoms with E-state index in [0.717, 1.165) is 0 Å². The molecule has 8 heteroatoms. The van der Waals surface area contributed by atoms with Gasteiger partial charge in [-0.1, -0.05) is 0 Å². The van der Waals surface area contributed by atoms with E-state index in [2.05, 4.69) is 15.6 Å². The number of carbonyl (C=O) groups is 2. The van der Waals surface area contributed by atoms with Crippen LogP contribution in [0.1, 0.15) is 10.4 Å². The number of nitrogens with one attached hydrogen (secondary N) is 2. The smallest absolute Gasteiger partial charge is 0.333 e. The topological polar surface area (TPSA) is 111 Å². The summed E-state index contributed by atoms with van der Waals surface area (Å²) in [7, 11) is 0. The van der Waals surface area contributed by atoms with Crippen molar-refractivity contribution < 1.29 is 19.2 Å². The molecule has 98 valence electrons. The van der Waals surface area contributed by atoms with Crippen LogP contribution in [-0.4, -0.2) is 23.4 Å². The van der Waals surface area contributed by atoms with Gasteiger partial charge in [-0.3, -0.25) is 25.8 Å². The maximum atomic E-state index is 11.7. The number of nitrogens with zero attached hydrogens (tertiary/aromatic N) is 1. The second-order valence-corrected chi connectivity index (χ2v) is 3.66. The zero-order valence-electron chi connectivity index (χ0n) is 9.58. The number of ether oxygens (including phenoxy) is 1. The van der Waals surface area contributed by atoms with Crippen molar-refractivity contribution in [1.29, 1.82) is 0 Å². The van der Waals surface area contributed by atoms with Crippen LogP contribution >= 0.6 is 0 Å². The molecule has 1 amide bonds. The molecule has 19 heavy (non-hydrogen) atoms. The van der Waals surface area contributed by atoms with E-state index in [9.17, 15) is 19.7 Å². The van der Waals surface area contributed by atoms with Crippen molar-refractivity contribution >= 4 is 17.6 Å². The Kier molecular flexibility index (Phi) is 3.42. The molecule has 0 saturated heterocycles. The zero-order valence-corrected chi connectivity index (χ0v) is 9.58. The number of hydrogen-bond acceptors (Lipinski definition) is 6. The number of esters is 1. The van der Waals surface area contributed by atoms with Crippen molar-refractivity contribution in [3.8, 4) is 0 Å². The van der Waals surface area contributed by atoms with Gasteiger partial charge in [0.25, 0.3) is 11.6 Å². The van der Waals surface area contributed by atoms with E-state index in [1.165, 1.54) is 30.3 Å². The van der Waals surface area contributed by atoms with Crippen LogP contribution in [0, 0.1) is 10.1 Å². The largest absolute Gasteiger partial charge is 0.456 e. The second-order valence-electron chi connectivity index (χ2n) is 3.66. The van der Waals surface area contributed by atoms with Gasteiger partial charge in [-0.05, 0) is 12.1 Å². The summed E-state index contributed by atoms with van der Waals surface area (Å²) in [5.74, 6) is -0.956. The third-order valence-corrected chi connectivity index (χ3v) is 2.34. The number of non-ortho nitro benzene ring substituents is 1. The maximum Gasteiger partial charge on any atom is 0.333 e. The molecule has 1 heterocycles. The number of hydrazine groups is 1. The highest BCUT2D eigenvalue weighted by atomic mass is 16.6. The number of cyclic esters (lactones) is 1. The maximum absolute atomic E-state index is 11.7. The minimum Gasteiger partial charge on any atom is -0.456 e. The van der Waals surface area contributed by atoms with Gasteiger partial charge in [0.05, 0.1) is 10.6 Å². The molecular formula is C11H9N3O5. The Morgan fingerprint density at radius 1 is 1.32 bits per heavy atom. The van der Waals surface area contributed by atoms with Crippen molar-refractivity contribution in [2.75, 3.05) is 6.61 Å². The highest BCUT2D eigenvalue weighted by molar-refractivity contribution is 5.94. The van der Waals surface area contributed by atoms with Gasteiger partial charge in [-0.25, -0.2) is 4.79 Å². The molecule has 0 aromatic heterocycles. The number of benzene rings is 1. The van der Waals surface area contributed by atoms with Crippen molar-refractivity contribution in [3.63, 3.8) is 0 Å². The molecule has 0 aliphatic carbocycles. The second kappa shape index (κ2) is 5.17. The van der Waals surface area contributed by atoms with E-state index in [1.807, 2.05) is 0 Å². The van der Waals surface area contributed by atoms with E-state index >= 15 is 0 Å². The fourth-order valence-corrected chi connectivity index (χ4v) is 1.39. The predicted octanol–water partition coefficient (Wildman–Crippen LogP) is 0.270. The molecule has 1 aliphatic heterocycles. The first-order valence-electron chi connectivity index (χ1n) is 5.24. The summed E-state index contributed by atoms with van der Waals surface area (Å²) in [6.07, 6.45) is 1.22. The molecule has 0 spiro atoms. The summed E-state index contributed by atoms with van der Waals surface area (Å²) in [5, 5.41) is 10.5. The lowest BCUT2D eigenvalue weighted by molar-refractivity contribution is -0.384. The Morgan fingerprint density at radius 3 is 2.53 bits per heavy atom. The Bertz CT molecular complexity index is 564. The number of hydrogen-bond donors (Lipinski definition) is 2. The Morgan fingerprint density at radius 2 is 2.00 bits per heavy atom. The highest BCUT2D eigenvalue weighted by Crippen LogP contribution is 2.11. The van der Waals surface area contributed by atoms with E-state index in [0.29, 0.717) is 5.70 Å². The normalized spacial score (nSPS) is 13.5. The Hall–Kier alpha value is -2.90. The van der Waals surface area contributed by atoms with E-state index < -0.39 is 16.8 Å². The van der Waals surface area contributed by atoms with Crippen LogP contribution in [0.5, 0.6) is 0 Å². The summed E-state index contributed by atoms with van der Waals surface area (Å²) in [5.41, 5.74) is 5.47. The van der Waals surface area contributed by atoms with Crippen LogP contribution in [0.3, 0.4) is 0 Å². The van der Waals surface area contributed by atoms with Gasteiger partial charge >= 0.3 is 5.97 Å². The summed E-state index contributed by atoms with van der Waals surface area (Å²) < 4.78 is 4.63. The van der Waals surface area contributed by atoms with E-state index in [4.69, 9.17) is 0 Å². The van der Waals surface area contributed by atoms with Gasteiger partial charge in [0.2, 0.25) is 0 Å². The standard InChI is InChI=1S/C11H9N3O5/c15-10-5-8(6-19-10)12-13-11(16)7-1-3-9(4-2-7)14(17)18/h1-5,12H,6H2,(H,13,16). The van der Waals surface area contributed by atoms with Gasteiger partial charge in [0.15, 0.2) is 0 Å². The molecule has 1 aromatic rings. The summed E-state index contributed by atoms with van der Waals surface area (Å²) in [6.45, 7) is 0.0688. The van der Waals surface area contributed by atoms with Crippen LogP contribution in [0.15, 0.2) is 36.0 Å². The lowest BCUT2D eigenvalue weighted by atomic mass is 10.2. The van der Waals surface area contributed by atoms with E-state index in [1.54, 1.807) is 0 Å². The van der Waals surface area contributed by atoms with Gasteiger partial charge in [0, 0.05) is 23.8 Å². The fraction of sp³-hybridized carbons (Fsp3) is 0.0909. The molecule has 0 radical (unpaired) electrons. The van der Waals surface area contributed by atoms with Crippen LogP contribution in [0.2, 0.25) is 0 Å². The quantitative estimate of drug-likeness (QED) is 0.458. The summed E-state index contributed by atoms with van der Waals surface area (Å²) in [4.78, 5) is 32.3. The molecule has 0 saturated carbocycles. The van der Waals surface area contributed by atoms with E-state index in [-0.39, 0.29) is 17.9 Å². The lowest BCUT2D eigenvalue weighted by Gasteiger charge is -2.07. The molecule has 0 fully saturated rings. The molecule has 0 atom stereocenters. The fourth-order valence-electron chi connectivity index (χ4n) is 1.39. The van der Waals surface area contributed by atoms with Gasteiger partial charge in [0.1, 0.15) is 6.61 Å². The van der Waals surface area contributed by atoms with Gasteiger partial charge in [-0.15, -0.1) is 0 Å². The van der Waals surface area contributed by atoms with Crippen molar-refractivity contribution in [1.82, 2.24) is 10.9 Å². The van der Waals surface area contributed by atoms with Crippen LogP contribution in [0.4, 0.5) is 5.69 Å². The highest BCUT2D eigenvalue weighted by Gasteiger charge is 2.14. The number of rotatable bonds is 4. The van der Waals surface area contributed by atoms with Crippen molar-refractivity contribution in [3.05, 3.63) is 51.7 Å². The predicted molar refractivity (Wildman–Crippen MR) is 62.7 cm³/mol. The average molecular weight is 263 g/mol. The molecule has 2 N–H and O–H groups in total. The number of carbonyl (C=O) groups excluding carboxylic acids is 2. The SMILES string of the molecule is O=C1C=C(NNC(=O)c2ccc([N+](=O)[O-])cc2)CO1. The first-order chi connectivity index (χ1) is 9.06. The van der Waals surface area contributed by atoms with Crippen molar-refractivity contribution in [2.45, 2.75) is 0 Å².